The van der Waals surface area contributed by atoms with Crippen LogP contribution in [0.25, 0.3) is 11.4 Å². The molecular weight excluding hydrogens is 394 g/mol. The number of anilines is 1. The number of carbonyl (C=O) groups excluding carboxylic acids is 1. The molecule has 2 heterocycles. The Morgan fingerprint density at radius 3 is 2.40 bits per heavy atom. The van der Waals surface area contributed by atoms with Gasteiger partial charge < -0.3 is 9.88 Å². The molecule has 1 N–H and O–H groups in total. The average molecular weight is 416 g/mol. The van der Waals surface area contributed by atoms with E-state index in [0.717, 1.165) is 40.1 Å². The van der Waals surface area contributed by atoms with Crippen molar-refractivity contribution >= 4 is 23.4 Å². The van der Waals surface area contributed by atoms with Crippen LogP contribution in [0.3, 0.4) is 0 Å². The Balaban J connectivity index is 1.41. The van der Waals surface area contributed by atoms with Crippen molar-refractivity contribution in [2.45, 2.75) is 24.4 Å². The first-order valence-electron chi connectivity index (χ1n) is 9.66. The summed E-state index contributed by atoms with van der Waals surface area (Å²) in [5, 5.41) is 12.5. The van der Waals surface area contributed by atoms with E-state index in [0.29, 0.717) is 5.56 Å². The zero-order valence-electron chi connectivity index (χ0n) is 16.5. The van der Waals surface area contributed by atoms with Crippen LogP contribution >= 0.6 is 11.8 Å². The molecule has 0 saturated heterocycles. The Labute approximate surface area is 179 Å². The highest BCUT2D eigenvalue weighted by atomic mass is 32.2. The van der Waals surface area contributed by atoms with Crippen molar-refractivity contribution in [1.82, 2.24) is 19.7 Å². The summed E-state index contributed by atoms with van der Waals surface area (Å²) in [6, 6.07) is 21.0. The Kier molecular flexibility index (Phi) is 6.20. The van der Waals surface area contributed by atoms with Crippen LogP contribution in [0.1, 0.15) is 22.8 Å². The van der Waals surface area contributed by atoms with Crippen LogP contribution in [0.5, 0.6) is 0 Å². The Morgan fingerprint density at radius 1 is 0.967 bits per heavy atom. The average Bonchev–Trinajstić information content (AvgIpc) is 3.22. The summed E-state index contributed by atoms with van der Waals surface area (Å²) < 4.78 is 2.10. The first-order valence-corrected chi connectivity index (χ1v) is 10.6. The molecule has 0 aliphatic carbocycles. The van der Waals surface area contributed by atoms with Crippen molar-refractivity contribution in [2.24, 2.45) is 0 Å². The quantitative estimate of drug-likeness (QED) is 0.435. The fourth-order valence-corrected chi connectivity index (χ4v) is 3.98. The van der Waals surface area contributed by atoms with E-state index in [-0.39, 0.29) is 5.91 Å². The number of hydrogen-bond acceptors (Lipinski definition) is 5. The number of hydrogen-bond donors (Lipinski definition) is 1. The number of carbonyl (C=O) groups is 1. The van der Waals surface area contributed by atoms with Gasteiger partial charge in [-0.05, 0) is 48.9 Å². The molecule has 0 aliphatic rings. The molecule has 0 fully saturated rings. The third-order valence-electron chi connectivity index (χ3n) is 4.59. The summed E-state index contributed by atoms with van der Waals surface area (Å²) in [7, 11) is 0. The molecule has 0 bridgehead atoms. The monoisotopic (exact) mass is 415 g/mol. The molecule has 0 unspecified atom stereocenters. The molecule has 1 amide bonds. The van der Waals surface area contributed by atoms with E-state index in [1.165, 1.54) is 0 Å². The number of nitrogens with one attached hydrogen (secondary N) is 1. The summed E-state index contributed by atoms with van der Waals surface area (Å²) in [6.45, 7) is 2.86. The number of rotatable bonds is 7. The zero-order chi connectivity index (χ0) is 20.8. The summed E-state index contributed by atoms with van der Waals surface area (Å²) >= 11 is 1.63. The number of nitrogens with zero attached hydrogens (tertiary/aromatic N) is 4. The third kappa shape index (κ3) is 4.58. The van der Waals surface area contributed by atoms with Crippen molar-refractivity contribution < 1.29 is 4.79 Å². The lowest BCUT2D eigenvalue weighted by Crippen LogP contribution is -2.11. The highest BCUT2D eigenvalue weighted by molar-refractivity contribution is 7.98. The fraction of sp³-hybridized carbons (Fsp3) is 0.130. The van der Waals surface area contributed by atoms with Crippen molar-refractivity contribution in [3.63, 3.8) is 0 Å². The maximum absolute atomic E-state index is 12.4. The molecule has 30 heavy (non-hydrogen) atoms. The van der Waals surface area contributed by atoms with Gasteiger partial charge in [0.25, 0.3) is 5.91 Å². The maximum Gasteiger partial charge on any atom is 0.255 e. The summed E-state index contributed by atoms with van der Waals surface area (Å²) in [5.74, 6) is 1.47. The SMILES string of the molecule is CCn1c(SCc2ccc(C(=O)Nc3ccccc3)cc2)nnc1-c1ccncc1. The number of pyridine rings is 1. The minimum atomic E-state index is -0.117. The van der Waals surface area contributed by atoms with E-state index in [9.17, 15) is 4.79 Å². The predicted octanol–water partition coefficient (Wildman–Crippen LogP) is 4.90. The Bertz CT molecular complexity index is 1110. The van der Waals surface area contributed by atoms with Gasteiger partial charge in [-0.2, -0.15) is 0 Å². The van der Waals surface area contributed by atoms with E-state index in [1.54, 1.807) is 24.2 Å². The van der Waals surface area contributed by atoms with Gasteiger partial charge in [-0.3, -0.25) is 9.78 Å². The first-order chi connectivity index (χ1) is 14.7. The van der Waals surface area contributed by atoms with Crippen LogP contribution in [-0.4, -0.2) is 25.7 Å². The molecule has 4 aromatic rings. The van der Waals surface area contributed by atoms with E-state index >= 15 is 0 Å². The van der Waals surface area contributed by atoms with Gasteiger partial charge in [0.05, 0.1) is 0 Å². The topological polar surface area (TPSA) is 72.7 Å². The predicted molar refractivity (Wildman–Crippen MR) is 119 cm³/mol. The van der Waals surface area contributed by atoms with Gasteiger partial charge in [-0.15, -0.1) is 10.2 Å². The molecule has 150 valence electrons. The molecule has 7 heteroatoms. The van der Waals surface area contributed by atoms with Crippen LogP contribution in [0.4, 0.5) is 5.69 Å². The second-order valence-corrected chi connectivity index (χ2v) is 7.53. The van der Waals surface area contributed by atoms with Gasteiger partial charge in [0, 0.05) is 41.5 Å². The van der Waals surface area contributed by atoms with Gasteiger partial charge in [-0.1, -0.05) is 42.1 Å². The van der Waals surface area contributed by atoms with E-state index in [1.807, 2.05) is 66.7 Å². The zero-order valence-corrected chi connectivity index (χ0v) is 17.3. The molecular formula is C23H21N5OS. The van der Waals surface area contributed by atoms with Crippen molar-refractivity contribution in [3.8, 4) is 11.4 Å². The number of aromatic nitrogens is 4. The molecule has 2 aromatic heterocycles. The van der Waals surface area contributed by atoms with E-state index in [2.05, 4.69) is 32.0 Å². The molecule has 6 nitrogen and oxygen atoms in total. The highest BCUT2D eigenvalue weighted by Crippen LogP contribution is 2.26. The fourth-order valence-electron chi connectivity index (χ4n) is 3.02. The van der Waals surface area contributed by atoms with Gasteiger partial charge in [-0.25, -0.2) is 0 Å². The summed E-state index contributed by atoms with van der Waals surface area (Å²) in [4.78, 5) is 16.4. The maximum atomic E-state index is 12.4. The molecule has 4 rings (SSSR count). The first kappa shape index (κ1) is 19.8. The van der Waals surface area contributed by atoms with Crippen LogP contribution in [-0.2, 0) is 12.3 Å². The van der Waals surface area contributed by atoms with Gasteiger partial charge in [0.1, 0.15) is 0 Å². The van der Waals surface area contributed by atoms with Crippen LogP contribution in [0.2, 0.25) is 0 Å². The van der Waals surface area contributed by atoms with E-state index < -0.39 is 0 Å². The summed E-state index contributed by atoms with van der Waals surface area (Å²) in [6.07, 6.45) is 3.51. The number of thioether (sulfide) groups is 1. The standard InChI is InChI=1S/C23H21N5OS/c1-2-28-21(18-12-14-24-15-13-18)26-27-23(28)30-16-17-8-10-19(11-9-17)22(29)25-20-6-4-3-5-7-20/h3-15H,2,16H2,1H3,(H,25,29). The lowest BCUT2D eigenvalue weighted by atomic mass is 10.1. The van der Waals surface area contributed by atoms with Gasteiger partial charge in [0.2, 0.25) is 0 Å². The smallest absolute Gasteiger partial charge is 0.255 e. The normalized spacial score (nSPS) is 10.7. The second kappa shape index (κ2) is 9.37. The molecule has 0 aliphatic heterocycles. The Morgan fingerprint density at radius 2 is 1.70 bits per heavy atom. The van der Waals surface area contributed by atoms with Crippen LogP contribution in [0, 0.1) is 0 Å². The number of para-hydroxylation sites is 1. The van der Waals surface area contributed by atoms with Crippen LogP contribution in [0.15, 0.2) is 84.3 Å². The highest BCUT2D eigenvalue weighted by Gasteiger charge is 2.13. The van der Waals surface area contributed by atoms with Crippen molar-refractivity contribution in [2.75, 3.05) is 5.32 Å². The summed E-state index contributed by atoms with van der Waals surface area (Å²) in [5.41, 5.74) is 3.53. The number of benzene rings is 2. The molecule has 0 atom stereocenters. The number of amides is 1. The van der Waals surface area contributed by atoms with Gasteiger partial charge in [0.15, 0.2) is 11.0 Å². The lowest BCUT2D eigenvalue weighted by molar-refractivity contribution is 0.102. The Hall–Kier alpha value is -3.45. The third-order valence-corrected chi connectivity index (χ3v) is 5.63. The molecule has 0 radical (unpaired) electrons. The van der Waals surface area contributed by atoms with Crippen molar-refractivity contribution in [1.29, 1.82) is 0 Å². The second-order valence-electron chi connectivity index (χ2n) is 6.59. The minimum Gasteiger partial charge on any atom is -0.322 e. The largest absolute Gasteiger partial charge is 0.322 e. The lowest BCUT2D eigenvalue weighted by Gasteiger charge is -2.08. The van der Waals surface area contributed by atoms with Crippen LogP contribution < -0.4 is 5.32 Å². The van der Waals surface area contributed by atoms with E-state index in [4.69, 9.17) is 0 Å². The molecule has 0 saturated carbocycles. The molecule has 2 aromatic carbocycles. The molecule has 0 spiro atoms. The van der Waals surface area contributed by atoms with Gasteiger partial charge >= 0.3 is 0 Å². The van der Waals surface area contributed by atoms with Crippen molar-refractivity contribution in [3.05, 3.63) is 90.3 Å². The minimum absolute atomic E-state index is 0.117.